The summed E-state index contributed by atoms with van der Waals surface area (Å²) in [6.07, 6.45) is 1.93. The van der Waals surface area contributed by atoms with Crippen LogP contribution in [0.4, 0.5) is 0 Å². The lowest BCUT2D eigenvalue weighted by atomic mass is 9.79. The van der Waals surface area contributed by atoms with Crippen molar-refractivity contribution in [2.45, 2.75) is 71.3 Å². The fourth-order valence-corrected chi connectivity index (χ4v) is 2.96. The smallest absolute Gasteiger partial charge is 0.0764 e. The highest BCUT2D eigenvalue weighted by molar-refractivity contribution is 5.48. The number of benzene rings is 1. The molecule has 0 bridgehead atoms. The molecule has 0 fully saturated rings. The molecule has 1 aromatic carbocycles. The van der Waals surface area contributed by atoms with E-state index in [9.17, 15) is 5.11 Å². The van der Waals surface area contributed by atoms with Crippen molar-refractivity contribution in [2.24, 2.45) is 0 Å². The Morgan fingerprint density at radius 2 is 1.83 bits per heavy atom. The molecule has 1 aliphatic rings. The van der Waals surface area contributed by atoms with Gasteiger partial charge in [-0.05, 0) is 52.8 Å². The summed E-state index contributed by atoms with van der Waals surface area (Å²) in [4.78, 5) is 0. The van der Waals surface area contributed by atoms with Gasteiger partial charge in [0, 0.05) is 0 Å². The Kier molecular flexibility index (Phi) is 3.09. The minimum atomic E-state index is -0.366. The first-order valence-corrected chi connectivity index (χ1v) is 6.99. The molecule has 0 aliphatic heterocycles. The van der Waals surface area contributed by atoms with Gasteiger partial charge < -0.3 is 5.11 Å². The molecular weight excluding hydrogens is 220 g/mol. The lowest BCUT2D eigenvalue weighted by molar-refractivity contribution is 0.198. The monoisotopic (exact) mass is 246 g/mol. The van der Waals surface area contributed by atoms with Crippen LogP contribution in [0.5, 0.6) is 0 Å². The Balaban J connectivity index is 2.67. The van der Waals surface area contributed by atoms with Crippen LogP contribution in [0.1, 0.15) is 76.3 Å². The van der Waals surface area contributed by atoms with Gasteiger partial charge >= 0.3 is 0 Å². The van der Waals surface area contributed by atoms with Crippen molar-refractivity contribution in [3.63, 3.8) is 0 Å². The van der Waals surface area contributed by atoms with E-state index in [4.69, 9.17) is 0 Å². The van der Waals surface area contributed by atoms with Gasteiger partial charge in [0.15, 0.2) is 0 Å². The van der Waals surface area contributed by atoms with Crippen LogP contribution < -0.4 is 0 Å². The predicted octanol–water partition coefficient (Wildman–Crippen LogP) is 4.26. The fourth-order valence-electron chi connectivity index (χ4n) is 2.96. The van der Waals surface area contributed by atoms with Gasteiger partial charge in [0.05, 0.1) is 6.10 Å². The van der Waals surface area contributed by atoms with Gasteiger partial charge in [-0.2, -0.15) is 0 Å². The number of aliphatic hydroxyl groups excluding tert-OH is 1. The zero-order valence-corrected chi connectivity index (χ0v) is 12.6. The Bertz CT molecular complexity index is 461. The van der Waals surface area contributed by atoms with E-state index in [-0.39, 0.29) is 16.9 Å². The molecule has 0 radical (unpaired) electrons. The average molecular weight is 246 g/mol. The van der Waals surface area contributed by atoms with Crippen molar-refractivity contribution in [2.75, 3.05) is 0 Å². The third-order valence-electron chi connectivity index (χ3n) is 4.33. The summed E-state index contributed by atoms with van der Waals surface area (Å²) in [6.45, 7) is 13.2. The molecule has 1 N–H and O–H groups in total. The molecule has 0 saturated carbocycles. The molecular formula is C17H26O. The highest BCUT2D eigenvalue weighted by atomic mass is 16.3. The SMILES string of the molecule is CC(O)c1cc(C(C)(C)C)cc2c1CCC2(C)C. The second-order valence-corrected chi connectivity index (χ2v) is 7.40. The van der Waals surface area contributed by atoms with E-state index in [1.165, 1.54) is 23.1 Å². The second-order valence-electron chi connectivity index (χ2n) is 7.40. The highest BCUT2D eigenvalue weighted by Gasteiger charge is 2.33. The number of rotatable bonds is 1. The van der Waals surface area contributed by atoms with Gasteiger partial charge in [-0.3, -0.25) is 0 Å². The van der Waals surface area contributed by atoms with Crippen LogP contribution in [0.2, 0.25) is 0 Å². The van der Waals surface area contributed by atoms with Gasteiger partial charge in [0.2, 0.25) is 0 Å². The molecule has 1 heteroatoms. The van der Waals surface area contributed by atoms with E-state index < -0.39 is 0 Å². The average Bonchev–Trinajstić information content (AvgIpc) is 2.52. The second kappa shape index (κ2) is 4.09. The van der Waals surface area contributed by atoms with Gasteiger partial charge in [-0.1, -0.05) is 46.8 Å². The summed E-state index contributed by atoms with van der Waals surface area (Å²) < 4.78 is 0. The molecule has 1 nitrogen and oxygen atoms in total. The molecule has 100 valence electrons. The van der Waals surface area contributed by atoms with Crippen LogP contribution in [-0.2, 0) is 17.3 Å². The van der Waals surface area contributed by atoms with E-state index in [1.807, 2.05) is 6.92 Å². The van der Waals surface area contributed by atoms with E-state index >= 15 is 0 Å². The molecule has 1 aromatic rings. The Labute approximate surface area is 111 Å². The Hall–Kier alpha value is -0.820. The molecule has 0 spiro atoms. The van der Waals surface area contributed by atoms with Gasteiger partial charge in [0.1, 0.15) is 0 Å². The van der Waals surface area contributed by atoms with Gasteiger partial charge in [-0.25, -0.2) is 0 Å². The molecule has 1 aliphatic carbocycles. The number of fused-ring (bicyclic) bond motifs is 1. The molecule has 0 heterocycles. The largest absolute Gasteiger partial charge is 0.389 e. The van der Waals surface area contributed by atoms with E-state index in [2.05, 4.69) is 46.8 Å². The first kappa shape index (κ1) is 13.6. The summed E-state index contributed by atoms with van der Waals surface area (Å²) in [5, 5.41) is 10.0. The number of hydrogen-bond acceptors (Lipinski definition) is 1. The van der Waals surface area contributed by atoms with E-state index in [1.54, 1.807) is 0 Å². The minimum Gasteiger partial charge on any atom is -0.389 e. The Morgan fingerprint density at radius 3 is 2.33 bits per heavy atom. The summed E-state index contributed by atoms with van der Waals surface area (Å²) in [5.41, 5.74) is 5.71. The summed E-state index contributed by atoms with van der Waals surface area (Å²) in [7, 11) is 0. The van der Waals surface area contributed by atoms with Crippen molar-refractivity contribution in [3.05, 3.63) is 34.4 Å². The van der Waals surface area contributed by atoms with Crippen molar-refractivity contribution >= 4 is 0 Å². The Morgan fingerprint density at radius 1 is 1.22 bits per heavy atom. The fraction of sp³-hybridized carbons (Fsp3) is 0.647. The van der Waals surface area contributed by atoms with Gasteiger partial charge in [-0.15, -0.1) is 0 Å². The minimum absolute atomic E-state index is 0.136. The van der Waals surface area contributed by atoms with Crippen LogP contribution in [0.3, 0.4) is 0 Å². The van der Waals surface area contributed by atoms with Crippen molar-refractivity contribution < 1.29 is 5.11 Å². The van der Waals surface area contributed by atoms with Gasteiger partial charge in [0.25, 0.3) is 0 Å². The molecule has 2 rings (SSSR count). The molecule has 1 unspecified atom stereocenters. The quantitative estimate of drug-likeness (QED) is 0.785. The van der Waals surface area contributed by atoms with E-state index in [0.29, 0.717) is 0 Å². The zero-order valence-electron chi connectivity index (χ0n) is 12.6. The van der Waals surface area contributed by atoms with Crippen LogP contribution in [0, 0.1) is 0 Å². The lowest BCUT2D eigenvalue weighted by Gasteiger charge is -2.26. The normalized spacial score (nSPS) is 19.7. The van der Waals surface area contributed by atoms with Crippen molar-refractivity contribution in [1.82, 2.24) is 0 Å². The molecule has 0 saturated heterocycles. The van der Waals surface area contributed by atoms with E-state index in [0.717, 1.165) is 12.0 Å². The standard InChI is InChI=1S/C17H26O/c1-11(18)14-9-12(16(2,3)4)10-15-13(14)7-8-17(15,5)6/h9-11,18H,7-8H2,1-6H3. The van der Waals surface area contributed by atoms with Crippen LogP contribution in [0.15, 0.2) is 12.1 Å². The lowest BCUT2D eigenvalue weighted by Crippen LogP contribution is -2.17. The molecule has 1 atom stereocenters. The van der Waals surface area contributed by atoms with Crippen molar-refractivity contribution in [1.29, 1.82) is 0 Å². The zero-order chi connectivity index (χ0) is 13.7. The maximum atomic E-state index is 10.0. The van der Waals surface area contributed by atoms with Crippen LogP contribution in [0.25, 0.3) is 0 Å². The number of hydrogen-bond donors (Lipinski definition) is 1. The number of aliphatic hydroxyl groups is 1. The topological polar surface area (TPSA) is 20.2 Å². The third-order valence-corrected chi connectivity index (χ3v) is 4.33. The highest BCUT2D eigenvalue weighted by Crippen LogP contribution is 2.43. The van der Waals surface area contributed by atoms with Crippen LogP contribution in [-0.4, -0.2) is 5.11 Å². The van der Waals surface area contributed by atoms with Crippen molar-refractivity contribution in [3.8, 4) is 0 Å². The maximum Gasteiger partial charge on any atom is 0.0764 e. The molecule has 18 heavy (non-hydrogen) atoms. The van der Waals surface area contributed by atoms with Crippen LogP contribution >= 0.6 is 0 Å². The maximum absolute atomic E-state index is 10.0. The summed E-state index contributed by atoms with van der Waals surface area (Å²) in [6, 6.07) is 4.58. The molecule has 0 amide bonds. The first-order valence-electron chi connectivity index (χ1n) is 6.99. The molecule has 0 aromatic heterocycles. The third kappa shape index (κ3) is 2.21. The first-order chi connectivity index (χ1) is 8.13. The predicted molar refractivity (Wildman–Crippen MR) is 77.1 cm³/mol. The summed E-state index contributed by atoms with van der Waals surface area (Å²) >= 11 is 0. The summed E-state index contributed by atoms with van der Waals surface area (Å²) in [5.74, 6) is 0.